The molecule has 0 fully saturated rings. The van der Waals surface area contributed by atoms with Crippen LogP contribution >= 0.6 is 0 Å². The van der Waals surface area contributed by atoms with Crippen LogP contribution in [-0.4, -0.2) is 64.0 Å². The molecule has 10 nitrogen and oxygen atoms in total. The van der Waals surface area contributed by atoms with Crippen molar-refractivity contribution in [2.75, 3.05) is 13.1 Å². The predicted molar refractivity (Wildman–Crippen MR) is 115 cm³/mol. The zero-order valence-corrected chi connectivity index (χ0v) is 17.8. The molecule has 0 saturated heterocycles. The molecule has 0 saturated carbocycles. The SMILES string of the molecule is CCCCCNC(=O)C(Cc1ccc(C=C(C(=O)O)C(=O)O)cc1)NCCC(=O)C(=O)O. The number of hydrogen-bond acceptors (Lipinski definition) is 6. The lowest BCUT2D eigenvalue weighted by Gasteiger charge is -2.18. The van der Waals surface area contributed by atoms with Gasteiger partial charge < -0.3 is 26.0 Å². The summed E-state index contributed by atoms with van der Waals surface area (Å²) in [6.07, 6.45) is 3.79. The Balaban J connectivity index is 2.87. The maximum atomic E-state index is 12.6. The second-order valence-corrected chi connectivity index (χ2v) is 7.10. The van der Waals surface area contributed by atoms with E-state index in [0.29, 0.717) is 17.7 Å². The van der Waals surface area contributed by atoms with Crippen molar-refractivity contribution in [3.63, 3.8) is 0 Å². The molecule has 0 radical (unpaired) electrons. The number of aliphatic carboxylic acids is 3. The van der Waals surface area contributed by atoms with E-state index in [2.05, 4.69) is 10.6 Å². The standard InChI is InChI=1S/C22H28N2O8/c1-2-3-4-10-24-19(26)17(23-11-9-18(25)22(31)32)13-15-7-5-14(6-8-15)12-16(20(27)28)21(29)30/h5-8,12,17,23H,2-4,9-11,13H2,1H3,(H,24,26)(H,27,28)(H,29,30)(H,31,32). The Bertz CT molecular complexity index is 845. The van der Waals surface area contributed by atoms with Crippen LogP contribution in [0.25, 0.3) is 6.08 Å². The van der Waals surface area contributed by atoms with Crippen LogP contribution in [0.3, 0.4) is 0 Å². The number of carbonyl (C=O) groups is 5. The van der Waals surface area contributed by atoms with Crippen LogP contribution in [0.4, 0.5) is 0 Å². The molecule has 1 aromatic rings. The van der Waals surface area contributed by atoms with Gasteiger partial charge in [-0.1, -0.05) is 44.0 Å². The summed E-state index contributed by atoms with van der Waals surface area (Å²) in [5.41, 5.74) is 0.307. The lowest BCUT2D eigenvalue weighted by molar-refractivity contribution is -0.149. The molecule has 1 amide bonds. The number of carboxylic acids is 3. The van der Waals surface area contributed by atoms with Gasteiger partial charge in [0.15, 0.2) is 0 Å². The summed E-state index contributed by atoms with van der Waals surface area (Å²) in [5.74, 6) is -5.88. The minimum atomic E-state index is -1.55. The fourth-order valence-corrected chi connectivity index (χ4v) is 2.80. The molecule has 0 aliphatic rings. The maximum Gasteiger partial charge on any atom is 0.372 e. The van der Waals surface area contributed by atoms with Crippen molar-refractivity contribution in [3.05, 3.63) is 41.0 Å². The third kappa shape index (κ3) is 9.52. The van der Waals surface area contributed by atoms with Gasteiger partial charge in [-0.25, -0.2) is 14.4 Å². The molecule has 0 aromatic heterocycles. The molecule has 0 heterocycles. The largest absolute Gasteiger partial charge is 0.477 e. The maximum absolute atomic E-state index is 12.6. The molecule has 1 atom stereocenters. The van der Waals surface area contributed by atoms with E-state index in [-0.39, 0.29) is 25.3 Å². The summed E-state index contributed by atoms with van der Waals surface area (Å²) >= 11 is 0. The molecular weight excluding hydrogens is 420 g/mol. The molecule has 0 spiro atoms. The lowest BCUT2D eigenvalue weighted by Crippen LogP contribution is -2.46. The summed E-state index contributed by atoms with van der Waals surface area (Å²) in [7, 11) is 0. The van der Waals surface area contributed by atoms with Gasteiger partial charge >= 0.3 is 17.9 Å². The quantitative estimate of drug-likeness (QED) is 0.0866. The van der Waals surface area contributed by atoms with Crippen molar-refractivity contribution < 1.29 is 39.3 Å². The van der Waals surface area contributed by atoms with Crippen LogP contribution < -0.4 is 10.6 Å². The second-order valence-electron chi connectivity index (χ2n) is 7.10. The molecule has 1 unspecified atom stereocenters. The summed E-state index contributed by atoms with van der Waals surface area (Å²) in [6.45, 7) is 2.55. The van der Waals surface area contributed by atoms with Crippen LogP contribution in [0.5, 0.6) is 0 Å². The molecule has 0 aliphatic heterocycles. The van der Waals surface area contributed by atoms with Crippen molar-refractivity contribution in [1.82, 2.24) is 10.6 Å². The number of carbonyl (C=O) groups excluding carboxylic acids is 2. The van der Waals surface area contributed by atoms with Gasteiger partial charge in [0, 0.05) is 19.5 Å². The summed E-state index contributed by atoms with van der Waals surface area (Å²) in [5, 5.41) is 32.3. The molecule has 10 heteroatoms. The number of ketones is 1. The molecule has 0 aliphatic carbocycles. The molecule has 174 valence electrons. The van der Waals surface area contributed by atoms with Crippen LogP contribution in [0, 0.1) is 0 Å². The third-order valence-corrected chi connectivity index (χ3v) is 4.57. The van der Waals surface area contributed by atoms with Crippen molar-refractivity contribution in [1.29, 1.82) is 0 Å². The third-order valence-electron chi connectivity index (χ3n) is 4.57. The minimum absolute atomic E-state index is 0.0135. The van der Waals surface area contributed by atoms with E-state index in [9.17, 15) is 24.0 Å². The van der Waals surface area contributed by atoms with E-state index < -0.39 is 35.3 Å². The lowest BCUT2D eigenvalue weighted by atomic mass is 10.0. The summed E-state index contributed by atoms with van der Waals surface area (Å²) in [6, 6.07) is 5.62. The van der Waals surface area contributed by atoms with Crippen LogP contribution in [0.2, 0.25) is 0 Å². The van der Waals surface area contributed by atoms with Gasteiger partial charge in [-0.2, -0.15) is 0 Å². The molecule has 1 rings (SSSR count). The average Bonchev–Trinajstić information content (AvgIpc) is 2.74. The molecular formula is C22H28N2O8. The van der Waals surface area contributed by atoms with Gasteiger partial charge in [-0.05, 0) is 30.0 Å². The Morgan fingerprint density at radius 1 is 0.906 bits per heavy atom. The molecule has 5 N–H and O–H groups in total. The molecule has 0 bridgehead atoms. The summed E-state index contributed by atoms with van der Waals surface area (Å²) in [4.78, 5) is 56.5. The van der Waals surface area contributed by atoms with Gasteiger partial charge in [0.25, 0.3) is 0 Å². The number of rotatable bonds is 15. The highest BCUT2D eigenvalue weighted by Gasteiger charge is 2.20. The highest BCUT2D eigenvalue weighted by Crippen LogP contribution is 2.12. The Hall–Kier alpha value is -3.53. The van der Waals surface area contributed by atoms with Crippen molar-refractivity contribution in [2.24, 2.45) is 0 Å². The number of unbranched alkanes of at least 4 members (excludes halogenated alkanes) is 2. The normalized spacial score (nSPS) is 11.3. The van der Waals surface area contributed by atoms with Crippen molar-refractivity contribution in [2.45, 2.75) is 45.1 Å². The Kier molecular flexibility index (Phi) is 11.4. The van der Waals surface area contributed by atoms with Gasteiger partial charge in [0.05, 0.1) is 6.04 Å². The van der Waals surface area contributed by atoms with Crippen molar-refractivity contribution >= 4 is 35.7 Å². The summed E-state index contributed by atoms with van der Waals surface area (Å²) < 4.78 is 0. The minimum Gasteiger partial charge on any atom is -0.477 e. The van der Waals surface area contributed by atoms with Gasteiger partial charge in [0.1, 0.15) is 5.57 Å². The smallest absolute Gasteiger partial charge is 0.372 e. The monoisotopic (exact) mass is 448 g/mol. The van der Waals surface area contributed by atoms with Crippen molar-refractivity contribution in [3.8, 4) is 0 Å². The Morgan fingerprint density at radius 2 is 1.53 bits per heavy atom. The van der Waals surface area contributed by atoms with E-state index in [0.717, 1.165) is 25.3 Å². The highest BCUT2D eigenvalue weighted by atomic mass is 16.4. The topological polar surface area (TPSA) is 170 Å². The zero-order chi connectivity index (χ0) is 24.1. The fourth-order valence-electron chi connectivity index (χ4n) is 2.80. The van der Waals surface area contributed by atoms with Gasteiger partial charge in [-0.3, -0.25) is 9.59 Å². The Morgan fingerprint density at radius 3 is 2.06 bits per heavy atom. The number of hydrogen-bond donors (Lipinski definition) is 5. The zero-order valence-electron chi connectivity index (χ0n) is 17.8. The molecule has 1 aromatic carbocycles. The first-order chi connectivity index (χ1) is 15.1. The van der Waals surface area contributed by atoms with Gasteiger partial charge in [0.2, 0.25) is 11.7 Å². The van der Waals surface area contributed by atoms with E-state index in [1.165, 1.54) is 12.1 Å². The van der Waals surface area contributed by atoms with Crippen LogP contribution in [0.15, 0.2) is 29.8 Å². The number of benzene rings is 1. The van der Waals surface area contributed by atoms with Crippen LogP contribution in [0.1, 0.15) is 43.7 Å². The van der Waals surface area contributed by atoms with Crippen LogP contribution in [-0.2, 0) is 30.4 Å². The number of carboxylic acid groups (broad SMARTS) is 3. The number of nitrogens with one attached hydrogen (secondary N) is 2. The number of amides is 1. The highest BCUT2D eigenvalue weighted by molar-refractivity contribution is 6.32. The fraction of sp³-hybridized carbons (Fsp3) is 0.409. The molecule has 32 heavy (non-hydrogen) atoms. The second kappa shape index (κ2) is 13.7. The van der Waals surface area contributed by atoms with E-state index >= 15 is 0 Å². The first-order valence-corrected chi connectivity index (χ1v) is 10.2. The predicted octanol–water partition coefficient (Wildman–Crippen LogP) is 1.09. The first kappa shape index (κ1) is 26.5. The van der Waals surface area contributed by atoms with E-state index in [1.54, 1.807) is 12.1 Å². The van der Waals surface area contributed by atoms with E-state index in [1.807, 2.05) is 6.92 Å². The first-order valence-electron chi connectivity index (χ1n) is 10.2. The van der Waals surface area contributed by atoms with E-state index in [4.69, 9.17) is 15.3 Å². The average molecular weight is 448 g/mol. The number of Topliss-reactive ketones (excluding diaryl/α,β-unsaturated/α-hetero) is 1. The van der Waals surface area contributed by atoms with Gasteiger partial charge in [-0.15, -0.1) is 0 Å². The Labute approximate surface area is 185 Å².